The zero-order chi connectivity index (χ0) is 16.7. The highest BCUT2D eigenvalue weighted by Gasteiger charge is 2.18. The molecule has 0 radical (unpaired) electrons. The topological polar surface area (TPSA) is 43.1 Å². The van der Waals surface area contributed by atoms with E-state index in [-0.39, 0.29) is 11.5 Å². The number of rotatable bonds is 3. The zero-order valence-corrected chi connectivity index (χ0v) is 14.5. The third-order valence-electron chi connectivity index (χ3n) is 3.54. The van der Waals surface area contributed by atoms with Crippen molar-refractivity contribution in [2.45, 2.75) is 0 Å². The van der Waals surface area contributed by atoms with Crippen LogP contribution in [-0.4, -0.2) is 10.8 Å². The molecule has 2 aromatic carbocycles. The van der Waals surface area contributed by atoms with E-state index in [4.69, 9.17) is 27.6 Å². The molecule has 24 heavy (non-hydrogen) atoms. The Kier molecular flexibility index (Phi) is 3.88. The van der Waals surface area contributed by atoms with Gasteiger partial charge in [0.25, 0.3) is 5.78 Å². The van der Waals surface area contributed by atoms with Gasteiger partial charge in [0.2, 0.25) is 0 Å². The summed E-state index contributed by atoms with van der Waals surface area (Å²) < 4.78 is 5.61. The predicted octanol–water partition coefficient (Wildman–Crippen LogP) is 6.09. The predicted molar refractivity (Wildman–Crippen MR) is 97.2 cm³/mol. The molecular formula is C18H9Cl2NO2S. The van der Waals surface area contributed by atoms with Crippen molar-refractivity contribution in [2.75, 3.05) is 0 Å². The molecule has 2 heterocycles. The quantitative estimate of drug-likeness (QED) is 0.407. The average molecular weight is 374 g/mol. The summed E-state index contributed by atoms with van der Waals surface area (Å²) in [6.45, 7) is 0. The molecule has 0 saturated heterocycles. The minimum Gasteiger partial charge on any atom is -0.452 e. The summed E-state index contributed by atoms with van der Waals surface area (Å²) in [7, 11) is 0. The minimum atomic E-state index is -0.243. The zero-order valence-electron chi connectivity index (χ0n) is 12.1. The Bertz CT molecular complexity index is 1050. The molecule has 0 N–H and O–H groups in total. The maximum absolute atomic E-state index is 12.6. The summed E-state index contributed by atoms with van der Waals surface area (Å²) in [6.07, 6.45) is 0. The van der Waals surface area contributed by atoms with E-state index in [0.717, 1.165) is 16.6 Å². The molecule has 0 aliphatic heterocycles. The highest BCUT2D eigenvalue weighted by atomic mass is 35.5. The van der Waals surface area contributed by atoms with Gasteiger partial charge in [0.1, 0.15) is 5.58 Å². The number of furan rings is 1. The van der Waals surface area contributed by atoms with Gasteiger partial charge in [0, 0.05) is 26.4 Å². The number of hydrogen-bond acceptors (Lipinski definition) is 4. The fourth-order valence-electron chi connectivity index (χ4n) is 2.36. The highest BCUT2D eigenvalue weighted by molar-refractivity contribution is 7.12. The van der Waals surface area contributed by atoms with Gasteiger partial charge in [0.05, 0.1) is 5.69 Å². The average Bonchev–Trinajstić information content (AvgIpc) is 3.21. The van der Waals surface area contributed by atoms with Crippen LogP contribution in [0.4, 0.5) is 0 Å². The Hall–Kier alpha value is -2.14. The first kappa shape index (κ1) is 15.4. The molecule has 0 aliphatic carbocycles. The number of hydrogen-bond donors (Lipinski definition) is 0. The van der Waals surface area contributed by atoms with Gasteiger partial charge in [-0.1, -0.05) is 35.3 Å². The maximum atomic E-state index is 12.6. The van der Waals surface area contributed by atoms with Crippen molar-refractivity contribution in [2.24, 2.45) is 0 Å². The van der Waals surface area contributed by atoms with Crippen LogP contribution in [-0.2, 0) is 0 Å². The van der Waals surface area contributed by atoms with E-state index >= 15 is 0 Å². The van der Waals surface area contributed by atoms with Crippen molar-refractivity contribution < 1.29 is 9.21 Å². The van der Waals surface area contributed by atoms with Gasteiger partial charge in [0.15, 0.2) is 10.8 Å². The van der Waals surface area contributed by atoms with Gasteiger partial charge < -0.3 is 4.42 Å². The van der Waals surface area contributed by atoms with Crippen LogP contribution in [0.1, 0.15) is 15.6 Å². The first-order valence-corrected chi connectivity index (χ1v) is 8.69. The van der Waals surface area contributed by atoms with E-state index in [2.05, 4.69) is 4.98 Å². The van der Waals surface area contributed by atoms with Crippen LogP contribution >= 0.6 is 34.5 Å². The van der Waals surface area contributed by atoms with Crippen LogP contribution < -0.4 is 0 Å². The van der Waals surface area contributed by atoms with Crippen LogP contribution in [0.15, 0.2) is 58.3 Å². The van der Waals surface area contributed by atoms with Crippen molar-refractivity contribution in [1.82, 2.24) is 4.98 Å². The lowest BCUT2D eigenvalue weighted by molar-refractivity contribution is 0.101. The Balaban J connectivity index is 1.67. The Morgan fingerprint density at radius 1 is 1.00 bits per heavy atom. The van der Waals surface area contributed by atoms with Crippen LogP contribution in [0.5, 0.6) is 0 Å². The molecule has 6 heteroatoms. The van der Waals surface area contributed by atoms with E-state index in [9.17, 15) is 4.79 Å². The van der Waals surface area contributed by atoms with Crippen molar-refractivity contribution in [3.05, 3.63) is 74.7 Å². The second-order valence-electron chi connectivity index (χ2n) is 5.17. The first-order chi connectivity index (χ1) is 11.6. The smallest absolute Gasteiger partial charge is 0.256 e. The summed E-state index contributed by atoms with van der Waals surface area (Å²) in [5, 5.41) is 4.27. The second kappa shape index (κ2) is 6.06. The molecule has 0 atom stereocenters. The standard InChI is InChI=1S/C18H9Cl2NO2S/c19-12-3-1-10(2-4-12)14-9-24-18(21-14)17(22)16-8-11-7-13(20)5-6-15(11)23-16/h1-9H. The normalized spacial score (nSPS) is 11.1. The molecule has 2 aromatic heterocycles. The fourth-order valence-corrected chi connectivity index (χ4v) is 3.44. The van der Waals surface area contributed by atoms with E-state index in [1.54, 1.807) is 36.4 Å². The van der Waals surface area contributed by atoms with Crippen LogP contribution in [0.2, 0.25) is 10.0 Å². The molecule has 4 aromatic rings. The molecule has 0 spiro atoms. The summed E-state index contributed by atoms with van der Waals surface area (Å²) in [6, 6.07) is 14.2. The molecule has 4 rings (SSSR count). The molecule has 0 saturated carbocycles. The molecule has 0 aliphatic rings. The van der Waals surface area contributed by atoms with Crippen molar-refractivity contribution in [3.63, 3.8) is 0 Å². The molecule has 0 bridgehead atoms. The number of aromatic nitrogens is 1. The number of carbonyl (C=O) groups excluding carboxylic acids is 1. The number of halogens is 2. The monoisotopic (exact) mass is 373 g/mol. The van der Waals surface area contributed by atoms with Crippen LogP contribution in [0, 0.1) is 0 Å². The highest BCUT2D eigenvalue weighted by Crippen LogP contribution is 2.28. The van der Waals surface area contributed by atoms with E-state index < -0.39 is 0 Å². The van der Waals surface area contributed by atoms with Gasteiger partial charge in [-0.05, 0) is 36.4 Å². The Labute approximate surface area is 151 Å². The Morgan fingerprint density at radius 3 is 2.54 bits per heavy atom. The van der Waals surface area contributed by atoms with E-state index in [0.29, 0.717) is 20.6 Å². The number of fused-ring (bicyclic) bond motifs is 1. The first-order valence-electron chi connectivity index (χ1n) is 7.05. The molecule has 0 fully saturated rings. The molecule has 0 amide bonds. The largest absolute Gasteiger partial charge is 0.452 e. The molecule has 3 nitrogen and oxygen atoms in total. The molecule has 118 valence electrons. The maximum Gasteiger partial charge on any atom is 0.256 e. The third-order valence-corrected chi connectivity index (χ3v) is 4.87. The van der Waals surface area contributed by atoms with Gasteiger partial charge in [-0.15, -0.1) is 11.3 Å². The van der Waals surface area contributed by atoms with Crippen LogP contribution in [0.3, 0.4) is 0 Å². The van der Waals surface area contributed by atoms with Gasteiger partial charge in [-0.2, -0.15) is 0 Å². The number of ketones is 1. The van der Waals surface area contributed by atoms with Gasteiger partial charge >= 0.3 is 0 Å². The van der Waals surface area contributed by atoms with E-state index in [1.807, 2.05) is 17.5 Å². The molecule has 0 unspecified atom stereocenters. The minimum absolute atomic E-state index is 0.243. The summed E-state index contributed by atoms with van der Waals surface area (Å²) >= 11 is 13.1. The lowest BCUT2D eigenvalue weighted by Crippen LogP contribution is -1.98. The number of nitrogens with zero attached hydrogens (tertiary/aromatic N) is 1. The van der Waals surface area contributed by atoms with Crippen molar-refractivity contribution in [3.8, 4) is 11.3 Å². The van der Waals surface area contributed by atoms with Crippen molar-refractivity contribution >= 4 is 51.3 Å². The van der Waals surface area contributed by atoms with Gasteiger partial charge in [-0.25, -0.2) is 4.98 Å². The van der Waals surface area contributed by atoms with Crippen LogP contribution in [0.25, 0.3) is 22.2 Å². The number of thiazole rings is 1. The number of benzene rings is 2. The molecular weight excluding hydrogens is 365 g/mol. The third kappa shape index (κ3) is 2.84. The SMILES string of the molecule is O=C(c1cc2cc(Cl)ccc2o1)c1nc(-c2ccc(Cl)cc2)cs1. The van der Waals surface area contributed by atoms with Gasteiger partial charge in [-0.3, -0.25) is 4.79 Å². The summed E-state index contributed by atoms with van der Waals surface area (Å²) in [5.41, 5.74) is 2.27. The second-order valence-corrected chi connectivity index (χ2v) is 6.90. The Morgan fingerprint density at radius 2 is 1.75 bits per heavy atom. The fraction of sp³-hybridized carbons (Fsp3) is 0. The summed E-state index contributed by atoms with van der Waals surface area (Å²) in [5.74, 6) is 0.0109. The lowest BCUT2D eigenvalue weighted by atomic mass is 10.2. The van der Waals surface area contributed by atoms with Crippen molar-refractivity contribution in [1.29, 1.82) is 0 Å². The lowest BCUT2D eigenvalue weighted by Gasteiger charge is -1.96. The summed E-state index contributed by atoms with van der Waals surface area (Å²) in [4.78, 5) is 17.0. The number of carbonyl (C=O) groups is 1. The van der Waals surface area contributed by atoms with E-state index in [1.165, 1.54) is 11.3 Å².